The Bertz CT molecular complexity index is 1320. The minimum atomic E-state index is -1.04. The number of methoxy groups -OCH3 is 1. The van der Waals surface area contributed by atoms with Crippen molar-refractivity contribution < 1.29 is 28.7 Å². The zero-order valence-corrected chi connectivity index (χ0v) is 25.1. The molecule has 3 aliphatic rings. The maximum absolute atomic E-state index is 13.8. The molecule has 1 saturated carbocycles. The lowest BCUT2D eigenvalue weighted by Gasteiger charge is -2.39. The fraction of sp³-hybridized carbons (Fsp3) is 0.594. The molecule has 3 atom stereocenters. The van der Waals surface area contributed by atoms with Crippen LogP contribution in [0, 0.1) is 11.8 Å². The topological polar surface area (TPSA) is 150 Å². The third-order valence-corrected chi connectivity index (χ3v) is 9.57. The van der Waals surface area contributed by atoms with Gasteiger partial charge >= 0.3 is 5.97 Å². The number of hydrogen-bond donors (Lipinski definition) is 4. The van der Waals surface area contributed by atoms with Gasteiger partial charge in [0.05, 0.1) is 7.11 Å². The molecular weight excluding hydrogens is 550 g/mol. The molecule has 1 aromatic carbocycles. The second-order valence-electron chi connectivity index (χ2n) is 12.5. The van der Waals surface area contributed by atoms with Gasteiger partial charge in [-0.2, -0.15) is 0 Å². The smallest absolute Gasteiger partial charge is 0.328 e. The number of nitrogens with one attached hydrogen (secondary N) is 4. The molecule has 2 aromatic rings. The number of carbonyl (C=O) groups excluding carboxylic acids is 5. The molecule has 1 aliphatic carbocycles. The standard InChI is InChI=1S/C32H43N5O6/c1-20(38)37-14-12-32(13-15-37)19-23(28(39)36-32)18-27(31(42)43-2)35-29(40)25(16-21-8-4-3-5-9-21)34-30(41)26-17-22-10-6-7-11-24(22)33-26/h6-7,10-11,17,21,23,25,27,33H,3-5,8-9,12-16,18-19H2,1-2H3,(H,34,41)(H,35,40)(H,36,39)/t23-,25?,27?/m0/s1. The predicted octanol–water partition coefficient (Wildman–Crippen LogP) is 2.80. The van der Waals surface area contributed by atoms with E-state index in [0.29, 0.717) is 44.5 Å². The number of benzene rings is 1. The molecule has 3 heterocycles. The van der Waals surface area contributed by atoms with E-state index in [0.717, 1.165) is 43.0 Å². The first kappa shape index (κ1) is 30.6. The number of carbonyl (C=O) groups is 5. The Kier molecular flexibility index (Phi) is 9.37. The number of aromatic amines is 1. The van der Waals surface area contributed by atoms with Gasteiger partial charge in [-0.25, -0.2) is 4.79 Å². The van der Waals surface area contributed by atoms with E-state index >= 15 is 0 Å². The van der Waals surface area contributed by atoms with Crippen molar-refractivity contribution >= 4 is 40.5 Å². The van der Waals surface area contributed by atoms with E-state index in [1.165, 1.54) is 7.11 Å². The van der Waals surface area contributed by atoms with Crippen LogP contribution < -0.4 is 16.0 Å². The van der Waals surface area contributed by atoms with Gasteiger partial charge in [-0.3, -0.25) is 19.2 Å². The number of esters is 1. The average molecular weight is 594 g/mol. The highest BCUT2D eigenvalue weighted by molar-refractivity contribution is 6.00. The van der Waals surface area contributed by atoms with Gasteiger partial charge in [0.2, 0.25) is 17.7 Å². The van der Waals surface area contributed by atoms with Crippen molar-refractivity contribution in [2.24, 2.45) is 11.8 Å². The number of amides is 4. The summed E-state index contributed by atoms with van der Waals surface area (Å²) in [5, 5.41) is 9.77. The lowest BCUT2D eigenvalue weighted by atomic mass is 9.82. The Morgan fingerprint density at radius 2 is 1.74 bits per heavy atom. The second kappa shape index (κ2) is 13.2. The zero-order chi connectivity index (χ0) is 30.6. The van der Waals surface area contributed by atoms with Gasteiger partial charge in [-0.15, -0.1) is 0 Å². The first-order chi connectivity index (χ1) is 20.7. The minimum absolute atomic E-state index is 0.0172. The molecule has 4 amide bonds. The second-order valence-corrected chi connectivity index (χ2v) is 12.5. The van der Waals surface area contributed by atoms with Crippen LogP contribution in [0.15, 0.2) is 30.3 Å². The van der Waals surface area contributed by atoms with Crippen LogP contribution in [0.25, 0.3) is 10.9 Å². The monoisotopic (exact) mass is 593 g/mol. The van der Waals surface area contributed by atoms with Crippen molar-refractivity contribution in [1.82, 2.24) is 25.8 Å². The van der Waals surface area contributed by atoms with Crippen molar-refractivity contribution in [2.45, 2.75) is 88.8 Å². The Morgan fingerprint density at radius 3 is 2.42 bits per heavy atom. The molecule has 232 valence electrons. The van der Waals surface area contributed by atoms with Crippen molar-refractivity contribution in [1.29, 1.82) is 0 Å². The van der Waals surface area contributed by atoms with Gasteiger partial charge in [0.25, 0.3) is 5.91 Å². The van der Waals surface area contributed by atoms with E-state index in [1.54, 1.807) is 17.9 Å². The van der Waals surface area contributed by atoms with Crippen molar-refractivity contribution in [3.8, 4) is 0 Å². The van der Waals surface area contributed by atoms with Crippen LogP contribution >= 0.6 is 0 Å². The highest BCUT2D eigenvalue weighted by atomic mass is 16.5. The Balaban J connectivity index is 1.28. The maximum atomic E-state index is 13.8. The summed E-state index contributed by atoms with van der Waals surface area (Å²) >= 11 is 0. The summed E-state index contributed by atoms with van der Waals surface area (Å²) < 4.78 is 5.03. The van der Waals surface area contributed by atoms with Crippen molar-refractivity contribution in [3.63, 3.8) is 0 Å². The van der Waals surface area contributed by atoms with Gasteiger partial charge < -0.3 is 30.6 Å². The fourth-order valence-electron chi connectivity index (χ4n) is 7.08. The van der Waals surface area contributed by atoms with Crippen molar-refractivity contribution in [3.05, 3.63) is 36.0 Å². The van der Waals surface area contributed by atoms with Gasteiger partial charge in [-0.05, 0) is 50.2 Å². The van der Waals surface area contributed by atoms with E-state index in [4.69, 9.17) is 4.74 Å². The summed E-state index contributed by atoms with van der Waals surface area (Å²) in [5.74, 6) is -1.85. The lowest BCUT2D eigenvalue weighted by molar-refractivity contribution is -0.146. The average Bonchev–Trinajstić information content (AvgIpc) is 3.57. The molecular formula is C32H43N5O6. The fourth-order valence-corrected chi connectivity index (χ4v) is 7.08. The molecule has 2 aliphatic heterocycles. The number of para-hydroxylation sites is 1. The number of fused-ring (bicyclic) bond motifs is 1. The third kappa shape index (κ3) is 7.19. The molecule has 0 bridgehead atoms. The summed E-state index contributed by atoms with van der Waals surface area (Å²) in [6.07, 6.45) is 7.67. The number of rotatable bonds is 9. The van der Waals surface area contributed by atoms with Gasteiger partial charge in [0.1, 0.15) is 17.8 Å². The van der Waals surface area contributed by atoms with Gasteiger partial charge in [-0.1, -0.05) is 50.3 Å². The normalized spacial score (nSPS) is 21.7. The number of hydrogen-bond acceptors (Lipinski definition) is 6. The van der Waals surface area contributed by atoms with E-state index in [9.17, 15) is 24.0 Å². The Morgan fingerprint density at radius 1 is 1.02 bits per heavy atom. The SMILES string of the molecule is COC(=O)C(C[C@H]1CC2(CCN(C(C)=O)CC2)NC1=O)NC(=O)C(CC1CCCCC1)NC(=O)c1cc2ccccc2[nH]1. The number of ether oxygens (including phenoxy) is 1. The number of H-pyrrole nitrogens is 1. The van der Waals surface area contributed by atoms with Crippen LogP contribution in [-0.2, 0) is 23.9 Å². The van der Waals surface area contributed by atoms with E-state index in [-0.39, 0.29) is 24.2 Å². The molecule has 2 unspecified atom stereocenters. The van der Waals surface area contributed by atoms with Crippen LogP contribution in [0.1, 0.15) is 81.6 Å². The molecule has 5 rings (SSSR count). The largest absolute Gasteiger partial charge is 0.467 e. The molecule has 11 heteroatoms. The molecule has 1 aromatic heterocycles. The first-order valence-electron chi connectivity index (χ1n) is 15.5. The number of piperidine rings is 1. The molecule has 3 fully saturated rings. The van der Waals surface area contributed by atoms with E-state index in [1.807, 2.05) is 24.3 Å². The highest BCUT2D eigenvalue weighted by Gasteiger charge is 2.47. The zero-order valence-electron chi connectivity index (χ0n) is 25.1. The highest BCUT2D eigenvalue weighted by Crippen LogP contribution is 2.36. The summed E-state index contributed by atoms with van der Waals surface area (Å²) in [4.78, 5) is 69.7. The molecule has 1 spiro atoms. The Labute approximate surface area is 251 Å². The molecule has 0 radical (unpaired) electrons. The summed E-state index contributed by atoms with van der Waals surface area (Å²) in [6.45, 7) is 2.68. The number of aromatic nitrogens is 1. The molecule has 2 saturated heterocycles. The summed E-state index contributed by atoms with van der Waals surface area (Å²) in [5.41, 5.74) is 0.761. The summed E-state index contributed by atoms with van der Waals surface area (Å²) in [6, 6.07) is 7.43. The molecule has 4 N–H and O–H groups in total. The van der Waals surface area contributed by atoms with E-state index in [2.05, 4.69) is 20.9 Å². The molecule has 11 nitrogen and oxygen atoms in total. The number of nitrogens with zero attached hydrogens (tertiary/aromatic N) is 1. The van der Waals surface area contributed by atoms with Crippen LogP contribution in [0.5, 0.6) is 0 Å². The maximum Gasteiger partial charge on any atom is 0.328 e. The molecule has 43 heavy (non-hydrogen) atoms. The first-order valence-corrected chi connectivity index (χ1v) is 15.5. The van der Waals surface area contributed by atoms with Crippen LogP contribution in [0.4, 0.5) is 0 Å². The van der Waals surface area contributed by atoms with Crippen LogP contribution in [0.2, 0.25) is 0 Å². The predicted molar refractivity (Wildman–Crippen MR) is 160 cm³/mol. The third-order valence-electron chi connectivity index (χ3n) is 9.57. The van der Waals surface area contributed by atoms with Gasteiger partial charge in [0.15, 0.2) is 0 Å². The van der Waals surface area contributed by atoms with Crippen LogP contribution in [-0.4, -0.2) is 77.3 Å². The summed E-state index contributed by atoms with van der Waals surface area (Å²) in [7, 11) is 1.26. The van der Waals surface area contributed by atoms with Crippen molar-refractivity contribution in [2.75, 3.05) is 20.2 Å². The number of likely N-dealkylation sites (tertiary alicyclic amines) is 1. The van der Waals surface area contributed by atoms with Gasteiger partial charge in [0, 0.05) is 42.4 Å². The quantitative estimate of drug-likeness (QED) is 0.329. The van der Waals surface area contributed by atoms with E-state index < -0.39 is 41.3 Å². The lowest BCUT2D eigenvalue weighted by Crippen LogP contribution is -2.53. The minimum Gasteiger partial charge on any atom is -0.467 e. The van der Waals surface area contributed by atoms with Crippen LogP contribution in [0.3, 0.4) is 0 Å². The Hall–Kier alpha value is -3.89.